The lowest BCUT2D eigenvalue weighted by atomic mass is 9.79. The Morgan fingerprint density at radius 2 is 1.53 bits per heavy atom. The second kappa shape index (κ2) is 12.5. The summed E-state index contributed by atoms with van der Waals surface area (Å²) in [5.41, 5.74) is 14.1. The van der Waals surface area contributed by atoms with E-state index in [0.29, 0.717) is 11.8 Å². The second-order valence-electron chi connectivity index (χ2n) is 16.9. The van der Waals surface area contributed by atoms with E-state index in [9.17, 15) is 0 Å². The van der Waals surface area contributed by atoms with Gasteiger partial charge in [-0.05, 0) is 126 Å². The molecular formula is C54H40O4. The van der Waals surface area contributed by atoms with Crippen molar-refractivity contribution in [1.82, 2.24) is 0 Å². The van der Waals surface area contributed by atoms with Gasteiger partial charge in [0, 0.05) is 45.7 Å². The fourth-order valence-electron chi connectivity index (χ4n) is 10.6. The van der Waals surface area contributed by atoms with Crippen LogP contribution in [0, 0.1) is 17.8 Å². The summed E-state index contributed by atoms with van der Waals surface area (Å²) in [5.74, 6) is 5.51. The van der Waals surface area contributed by atoms with E-state index in [2.05, 4.69) is 152 Å². The summed E-state index contributed by atoms with van der Waals surface area (Å²) >= 11 is 0. The van der Waals surface area contributed by atoms with Crippen LogP contribution in [0.2, 0.25) is 0 Å². The number of ether oxygens (including phenoxy) is 2. The Morgan fingerprint density at radius 1 is 0.672 bits per heavy atom. The maximum Gasteiger partial charge on any atom is 0.135 e. The molecule has 4 heterocycles. The van der Waals surface area contributed by atoms with E-state index in [-0.39, 0.29) is 17.9 Å². The maximum absolute atomic E-state index is 6.87. The van der Waals surface area contributed by atoms with E-state index in [0.717, 1.165) is 87.9 Å². The molecule has 0 bridgehead atoms. The topological polar surface area (TPSA) is 44.7 Å². The summed E-state index contributed by atoms with van der Waals surface area (Å²) in [4.78, 5) is 0. The van der Waals surface area contributed by atoms with E-state index in [1.54, 1.807) is 0 Å². The molecule has 0 radical (unpaired) electrons. The third-order valence-corrected chi connectivity index (χ3v) is 13.6. The molecule has 4 heteroatoms. The van der Waals surface area contributed by atoms with Crippen molar-refractivity contribution in [2.45, 2.75) is 44.1 Å². The monoisotopic (exact) mass is 752 g/mol. The molecule has 4 aromatic carbocycles. The van der Waals surface area contributed by atoms with Gasteiger partial charge in [0.1, 0.15) is 45.7 Å². The van der Waals surface area contributed by atoms with E-state index in [1.165, 1.54) is 49.9 Å². The first-order valence-electron chi connectivity index (χ1n) is 20.9. The zero-order valence-corrected chi connectivity index (χ0v) is 32.0. The molecule has 58 heavy (non-hydrogen) atoms. The molecule has 2 aromatic heterocycles. The lowest BCUT2D eigenvalue weighted by Gasteiger charge is -2.24. The molecule has 0 N–H and O–H groups in total. The van der Waals surface area contributed by atoms with Crippen LogP contribution in [0.5, 0.6) is 5.75 Å². The molecule has 5 atom stereocenters. The van der Waals surface area contributed by atoms with E-state index in [4.69, 9.17) is 18.3 Å². The number of hydrogen-bond acceptors (Lipinski definition) is 4. The number of fused-ring (bicyclic) bond motifs is 11. The van der Waals surface area contributed by atoms with Gasteiger partial charge in [-0.1, -0.05) is 97.1 Å². The number of benzene rings is 4. The van der Waals surface area contributed by atoms with Crippen LogP contribution in [-0.2, 0) is 11.2 Å². The first-order chi connectivity index (χ1) is 28.7. The standard InChI is InChI=1S/C54H40O4/c1-3-7-31(8-4-1)33-11-18-46-41(25-33)43-28-36(13-20-48(43)55-46)35-15-22-50-40(27-35)39-17-24-52-53(54(39)58-50)45-30-38(16-23-51(45)57-52)37-14-21-49-44(29-37)42-26-34(12-19-47(42)56-49)32-9-5-2-6-10-32/h1-7,9-14,16,18-21,23-24,26-31,33,39,42,47H,8,15,17,22,25H2. The summed E-state index contributed by atoms with van der Waals surface area (Å²) in [7, 11) is 0. The molecule has 5 unspecified atom stereocenters. The molecule has 4 nitrogen and oxygen atoms in total. The number of allylic oxidation sites excluding steroid dienone is 10. The summed E-state index contributed by atoms with van der Waals surface area (Å²) in [6.45, 7) is 0. The molecule has 0 saturated heterocycles. The Morgan fingerprint density at radius 3 is 2.45 bits per heavy atom. The first-order valence-corrected chi connectivity index (χ1v) is 20.9. The van der Waals surface area contributed by atoms with Gasteiger partial charge in [-0.2, -0.15) is 0 Å². The fraction of sp³-hybridized carbons (Fsp3) is 0.185. The average Bonchev–Trinajstić information content (AvgIpc) is 4.05. The Labute approximate surface area is 336 Å². The molecule has 13 rings (SSSR count). The van der Waals surface area contributed by atoms with Crippen molar-refractivity contribution in [2.75, 3.05) is 0 Å². The first kappa shape index (κ1) is 32.6. The lowest BCUT2D eigenvalue weighted by Crippen LogP contribution is -2.29. The van der Waals surface area contributed by atoms with Crippen molar-refractivity contribution in [2.24, 2.45) is 17.8 Å². The summed E-state index contributed by atoms with van der Waals surface area (Å²) in [6, 6.07) is 30.7. The van der Waals surface area contributed by atoms with Crippen molar-refractivity contribution >= 4 is 51.0 Å². The van der Waals surface area contributed by atoms with Crippen LogP contribution in [0.1, 0.15) is 59.6 Å². The molecule has 5 aliphatic carbocycles. The van der Waals surface area contributed by atoms with Gasteiger partial charge in [0.25, 0.3) is 0 Å². The van der Waals surface area contributed by atoms with Gasteiger partial charge in [-0.15, -0.1) is 0 Å². The predicted octanol–water partition coefficient (Wildman–Crippen LogP) is 11.7. The number of furan rings is 2. The van der Waals surface area contributed by atoms with Gasteiger partial charge in [0.05, 0.1) is 5.22 Å². The Balaban J connectivity index is 0.828. The third-order valence-electron chi connectivity index (χ3n) is 13.6. The Kier molecular flexibility index (Phi) is 7.01. The molecular weight excluding hydrogens is 713 g/mol. The number of hydrogen-bond donors (Lipinski definition) is 0. The number of rotatable bonds is 4. The minimum absolute atomic E-state index is 0.0171. The van der Waals surface area contributed by atoms with Crippen LogP contribution in [-0.4, -0.2) is 6.10 Å². The highest BCUT2D eigenvalue weighted by molar-refractivity contribution is 5.90. The van der Waals surface area contributed by atoms with Gasteiger partial charge in [0.15, 0.2) is 0 Å². The quantitative estimate of drug-likeness (QED) is 0.180. The van der Waals surface area contributed by atoms with Crippen molar-refractivity contribution in [1.29, 1.82) is 0 Å². The van der Waals surface area contributed by atoms with Crippen molar-refractivity contribution in [3.63, 3.8) is 0 Å². The normalized spacial score (nSPS) is 24.6. The highest BCUT2D eigenvalue weighted by Crippen LogP contribution is 2.48. The van der Waals surface area contributed by atoms with Crippen LogP contribution in [0.3, 0.4) is 0 Å². The second-order valence-corrected chi connectivity index (χ2v) is 16.9. The van der Waals surface area contributed by atoms with Crippen LogP contribution < -0.4 is 15.4 Å². The van der Waals surface area contributed by atoms with Crippen molar-refractivity contribution in [3.05, 3.63) is 190 Å². The molecule has 280 valence electrons. The highest BCUT2D eigenvalue weighted by Gasteiger charge is 2.37. The molecule has 0 saturated carbocycles. The van der Waals surface area contributed by atoms with Gasteiger partial charge < -0.3 is 18.3 Å². The van der Waals surface area contributed by atoms with Crippen LogP contribution in [0.15, 0.2) is 160 Å². The van der Waals surface area contributed by atoms with Gasteiger partial charge in [-0.3, -0.25) is 0 Å². The zero-order valence-electron chi connectivity index (χ0n) is 32.0. The molecule has 7 aliphatic rings. The van der Waals surface area contributed by atoms with Crippen LogP contribution in [0.25, 0.3) is 62.1 Å². The van der Waals surface area contributed by atoms with Crippen molar-refractivity contribution < 1.29 is 18.3 Å². The van der Waals surface area contributed by atoms with Crippen LogP contribution >= 0.6 is 0 Å². The summed E-state index contributed by atoms with van der Waals surface area (Å²) in [6.07, 6.45) is 29.9. The van der Waals surface area contributed by atoms with E-state index in [1.807, 2.05) is 0 Å². The van der Waals surface area contributed by atoms with Crippen molar-refractivity contribution in [3.8, 4) is 16.9 Å². The average molecular weight is 753 g/mol. The minimum Gasteiger partial charge on any atom is -0.485 e. The third kappa shape index (κ3) is 5.00. The smallest absolute Gasteiger partial charge is 0.135 e. The predicted molar refractivity (Wildman–Crippen MR) is 232 cm³/mol. The molecule has 0 amide bonds. The minimum atomic E-state index is 0.0171. The summed E-state index contributed by atoms with van der Waals surface area (Å²) < 4.78 is 26.2. The molecule has 0 spiro atoms. The fourth-order valence-corrected chi connectivity index (χ4v) is 10.6. The van der Waals surface area contributed by atoms with Crippen LogP contribution in [0.4, 0.5) is 0 Å². The summed E-state index contributed by atoms with van der Waals surface area (Å²) in [5, 5.41) is 3.47. The lowest BCUT2D eigenvalue weighted by molar-refractivity contribution is 0.269. The molecule has 6 aromatic rings. The van der Waals surface area contributed by atoms with Gasteiger partial charge in [0.2, 0.25) is 0 Å². The van der Waals surface area contributed by atoms with Gasteiger partial charge >= 0.3 is 0 Å². The zero-order chi connectivity index (χ0) is 37.9. The van der Waals surface area contributed by atoms with Gasteiger partial charge in [-0.25, -0.2) is 0 Å². The Hall–Kier alpha value is -6.52. The highest BCUT2D eigenvalue weighted by atomic mass is 16.5. The maximum atomic E-state index is 6.87. The van der Waals surface area contributed by atoms with E-state index < -0.39 is 0 Å². The SMILES string of the molecule is C1=CCC(C2C=Cc3oc4ccc(C5=CC6=C(CC5)OC5=c7c(oc8ccc(-c9ccc%10c(c9)C9C=C(c%11ccccc%11)C=CC9O%10)cc78)=CCC65)cc4c3C2)C=C1. The van der Waals surface area contributed by atoms with E-state index >= 15 is 0 Å². The molecule has 2 aliphatic heterocycles. The Bertz CT molecular complexity index is 3120. The largest absolute Gasteiger partial charge is 0.485 e. The molecule has 0 fully saturated rings.